The van der Waals surface area contributed by atoms with Crippen LogP contribution in [0.2, 0.25) is 0 Å². The van der Waals surface area contributed by atoms with Gasteiger partial charge in [-0.15, -0.1) is 0 Å². The molecule has 76 valence electrons. The van der Waals surface area contributed by atoms with Crippen molar-refractivity contribution in [3.05, 3.63) is 41.5 Å². The van der Waals surface area contributed by atoms with Gasteiger partial charge in [-0.3, -0.25) is 0 Å². The Hall–Kier alpha value is -1.08. The summed E-state index contributed by atoms with van der Waals surface area (Å²) in [4.78, 5) is 0. The van der Waals surface area contributed by atoms with E-state index in [0.29, 0.717) is 0 Å². The first-order valence-corrected chi connectivity index (χ1v) is 5.02. The molecule has 1 nitrogen and oxygen atoms in total. The second-order valence-electron chi connectivity index (χ2n) is 4.00. The maximum absolute atomic E-state index is 9.56. The van der Waals surface area contributed by atoms with E-state index in [1.165, 1.54) is 5.56 Å². The smallest absolute Gasteiger partial charge is 0.0747 e. The van der Waals surface area contributed by atoms with Crippen molar-refractivity contribution in [3.8, 4) is 0 Å². The molecule has 1 aromatic carbocycles. The molecular weight excluding hydrogens is 172 g/mol. The molecule has 0 saturated carbocycles. The van der Waals surface area contributed by atoms with Crippen LogP contribution >= 0.6 is 0 Å². The Kier molecular flexibility index (Phi) is 3.90. The third kappa shape index (κ3) is 3.35. The van der Waals surface area contributed by atoms with E-state index in [9.17, 15) is 5.11 Å². The summed E-state index contributed by atoms with van der Waals surface area (Å²) in [5.41, 5.74) is 2.39. The van der Waals surface area contributed by atoms with E-state index in [0.717, 1.165) is 5.56 Å². The van der Waals surface area contributed by atoms with Gasteiger partial charge < -0.3 is 5.11 Å². The van der Waals surface area contributed by atoms with Gasteiger partial charge in [0.25, 0.3) is 0 Å². The lowest BCUT2D eigenvalue weighted by Crippen LogP contribution is -2.10. The number of hydrogen-bond donors (Lipinski definition) is 1. The molecule has 0 fully saturated rings. The van der Waals surface area contributed by atoms with Gasteiger partial charge in [-0.2, -0.15) is 0 Å². The van der Waals surface area contributed by atoms with E-state index in [1.54, 1.807) is 0 Å². The Bertz CT molecular complexity index is 296. The molecule has 0 heterocycles. The molecule has 0 bridgehead atoms. The highest BCUT2D eigenvalue weighted by atomic mass is 16.3. The average Bonchev–Trinajstić information content (AvgIpc) is 2.16. The molecule has 1 unspecified atom stereocenters. The summed E-state index contributed by atoms with van der Waals surface area (Å²) in [5, 5.41) is 9.56. The van der Waals surface area contributed by atoms with E-state index in [-0.39, 0.29) is 12.0 Å². The molecule has 0 aliphatic carbocycles. The number of aliphatic hydroxyl groups is 1. The van der Waals surface area contributed by atoms with E-state index < -0.39 is 0 Å². The summed E-state index contributed by atoms with van der Waals surface area (Å²) >= 11 is 0. The van der Waals surface area contributed by atoms with Crippen molar-refractivity contribution in [1.82, 2.24) is 0 Å². The fraction of sp³-hybridized carbons (Fsp3) is 0.385. The summed E-state index contributed by atoms with van der Waals surface area (Å²) in [7, 11) is 0. The van der Waals surface area contributed by atoms with Crippen molar-refractivity contribution in [2.24, 2.45) is 5.92 Å². The Balaban J connectivity index is 2.64. The van der Waals surface area contributed by atoms with Crippen LogP contribution in [0.15, 0.2) is 30.3 Å². The molecule has 1 rings (SSSR count). The maximum Gasteiger partial charge on any atom is 0.0747 e. The summed E-state index contributed by atoms with van der Waals surface area (Å²) in [6, 6.07) is 8.25. The van der Waals surface area contributed by atoms with Crippen LogP contribution in [-0.4, -0.2) is 11.2 Å². The summed E-state index contributed by atoms with van der Waals surface area (Å²) in [6.45, 7) is 6.07. The molecular formula is C13H18O. The van der Waals surface area contributed by atoms with Gasteiger partial charge in [-0.05, 0) is 18.4 Å². The molecule has 1 atom stereocenters. The standard InChI is InChI=1S/C13H18O/c1-10(2)13(14)9-8-12-6-4-11(3)5-7-12/h4-10,13-14H,1-3H3. The van der Waals surface area contributed by atoms with Gasteiger partial charge in [0.15, 0.2) is 0 Å². The average molecular weight is 190 g/mol. The molecule has 0 aliphatic heterocycles. The van der Waals surface area contributed by atoms with Gasteiger partial charge in [0.2, 0.25) is 0 Å². The minimum atomic E-state index is -0.351. The van der Waals surface area contributed by atoms with Crippen LogP contribution in [0, 0.1) is 12.8 Å². The van der Waals surface area contributed by atoms with Crippen molar-refractivity contribution >= 4 is 6.08 Å². The number of benzene rings is 1. The number of hydrogen-bond acceptors (Lipinski definition) is 1. The molecule has 0 aliphatic rings. The quantitative estimate of drug-likeness (QED) is 0.776. The van der Waals surface area contributed by atoms with Crippen LogP contribution in [0.25, 0.3) is 6.08 Å². The first kappa shape index (κ1) is 11.0. The molecule has 1 heteroatoms. The molecule has 1 aromatic rings. The van der Waals surface area contributed by atoms with Gasteiger partial charge in [0.1, 0.15) is 0 Å². The summed E-state index contributed by atoms with van der Waals surface area (Å²) < 4.78 is 0. The van der Waals surface area contributed by atoms with Crippen LogP contribution in [0.1, 0.15) is 25.0 Å². The van der Waals surface area contributed by atoms with Crippen molar-refractivity contribution < 1.29 is 5.11 Å². The Labute approximate surface area is 86.1 Å². The molecule has 0 spiro atoms. The summed E-state index contributed by atoms with van der Waals surface area (Å²) in [6.07, 6.45) is 3.45. The van der Waals surface area contributed by atoms with Crippen LogP contribution < -0.4 is 0 Å². The lowest BCUT2D eigenvalue weighted by Gasteiger charge is -2.08. The van der Waals surface area contributed by atoms with Crippen LogP contribution in [0.5, 0.6) is 0 Å². The minimum Gasteiger partial charge on any atom is -0.389 e. The third-order valence-corrected chi connectivity index (χ3v) is 2.25. The first-order valence-electron chi connectivity index (χ1n) is 5.02. The van der Waals surface area contributed by atoms with E-state index in [1.807, 2.05) is 26.0 Å². The van der Waals surface area contributed by atoms with Crippen LogP contribution in [0.4, 0.5) is 0 Å². The molecule has 1 N–H and O–H groups in total. The van der Waals surface area contributed by atoms with Crippen LogP contribution in [-0.2, 0) is 0 Å². The highest BCUT2D eigenvalue weighted by molar-refractivity contribution is 5.50. The normalized spacial score (nSPS) is 13.8. The van der Waals surface area contributed by atoms with Gasteiger partial charge >= 0.3 is 0 Å². The van der Waals surface area contributed by atoms with Gasteiger partial charge in [-0.1, -0.05) is 55.8 Å². The minimum absolute atomic E-state index is 0.275. The Morgan fingerprint density at radius 2 is 1.71 bits per heavy atom. The van der Waals surface area contributed by atoms with E-state index in [4.69, 9.17) is 0 Å². The topological polar surface area (TPSA) is 20.2 Å². The predicted molar refractivity (Wildman–Crippen MR) is 61.1 cm³/mol. The Morgan fingerprint density at radius 1 is 1.14 bits per heavy atom. The Morgan fingerprint density at radius 3 is 2.21 bits per heavy atom. The van der Waals surface area contributed by atoms with Gasteiger partial charge in [-0.25, -0.2) is 0 Å². The lowest BCUT2D eigenvalue weighted by molar-refractivity contribution is 0.173. The highest BCUT2D eigenvalue weighted by Gasteiger charge is 2.03. The monoisotopic (exact) mass is 190 g/mol. The van der Waals surface area contributed by atoms with E-state index >= 15 is 0 Å². The van der Waals surface area contributed by atoms with Crippen molar-refractivity contribution in [2.45, 2.75) is 26.9 Å². The van der Waals surface area contributed by atoms with Gasteiger partial charge in [0.05, 0.1) is 6.10 Å². The molecule has 14 heavy (non-hydrogen) atoms. The number of aryl methyl sites for hydroxylation is 1. The zero-order valence-electron chi connectivity index (χ0n) is 9.07. The van der Waals surface area contributed by atoms with Gasteiger partial charge in [0, 0.05) is 0 Å². The zero-order chi connectivity index (χ0) is 10.6. The second kappa shape index (κ2) is 4.97. The van der Waals surface area contributed by atoms with Crippen molar-refractivity contribution in [3.63, 3.8) is 0 Å². The molecule has 0 saturated heterocycles. The fourth-order valence-corrected chi connectivity index (χ4v) is 1.11. The van der Waals surface area contributed by atoms with Crippen molar-refractivity contribution in [1.29, 1.82) is 0 Å². The largest absolute Gasteiger partial charge is 0.389 e. The fourth-order valence-electron chi connectivity index (χ4n) is 1.11. The van der Waals surface area contributed by atoms with E-state index in [2.05, 4.69) is 31.2 Å². The predicted octanol–water partition coefficient (Wildman–Crippen LogP) is 3.03. The number of aliphatic hydroxyl groups excluding tert-OH is 1. The second-order valence-corrected chi connectivity index (χ2v) is 4.00. The molecule has 0 radical (unpaired) electrons. The lowest BCUT2D eigenvalue weighted by atomic mass is 10.1. The zero-order valence-corrected chi connectivity index (χ0v) is 9.07. The van der Waals surface area contributed by atoms with Crippen molar-refractivity contribution in [2.75, 3.05) is 0 Å². The molecule has 0 aromatic heterocycles. The summed E-state index contributed by atoms with van der Waals surface area (Å²) in [5.74, 6) is 0.275. The SMILES string of the molecule is Cc1ccc(C=CC(O)C(C)C)cc1. The highest BCUT2D eigenvalue weighted by Crippen LogP contribution is 2.08. The van der Waals surface area contributed by atoms with Crippen LogP contribution in [0.3, 0.4) is 0 Å². The number of rotatable bonds is 3. The third-order valence-electron chi connectivity index (χ3n) is 2.25. The first-order chi connectivity index (χ1) is 6.59. The molecule has 0 amide bonds. The maximum atomic E-state index is 9.56.